The van der Waals surface area contributed by atoms with E-state index >= 15 is 0 Å². The van der Waals surface area contributed by atoms with Crippen molar-refractivity contribution in [2.45, 2.75) is 19.9 Å². The summed E-state index contributed by atoms with van der Waals surface area (Å²) < 4.78 is 13.9. The molecule has 5 rings (SSSR count). The standard InChI is InChI=1S/C29H28N2OS/c1-21-11-16-26(30-29-10-6-9-25-20-31(33(2)32)18-17-27(25)29)19-28(21)24-14-12-23(13-15-24)22-7-4-3-5-8-22/h3-16,19,30H,17-18,20H2,1-2H3. The van der Waals surface area contributed by atoms with E-state index in [1.54, 1.807) is 6.26 Å². The van der Waals surface area contributed by atoms with E-state index in [1.807, 2.05) is 10.4 Å². The van der Waals surface area contributed by atoms with Gasteiger partial charge in [-0.15, -0.1) is 0 Å². The number of rotatable bonds is 5. The first-order valence-corrected chi connectivity index (χ1v) is 12.8. The number of benzene rings is 4. The summed E-state index contributed by atoms with van der Waals surface area (Å²) in [5, 5.41) is 3.66. The van der Waals surface area contributed by atoms with Gasteiger partial charge in [-0.3, -0.25) is 0 Å². The van der Waals surface area contributed by atoms with E-state index < -0.39 is 11.0 Å². The molecule has 0 aliphatic carbocycles. The molecule has 0 fully saturated rings. The smallest absolute Gasteiger partial charge is 0.0913 e. The molecule has 0 radical (unpaired) electrons. The van der Waals surface area contributed by atoms with Crippen LogP contribution in [-0.2, 0) is 24.0 Å². The van der Waals surface area contributed by atoms with E-state index in [1.165, 1.54) is 38.9 Å². The zero-order chi connectivity index (χ0) is 22.8. The maximum atomic E-state index is 11.9. The first kappa shape index (κ1) is 21.6. The minimum absolute atomic E-state index is 0.737. The van der Waals surface area contributed by atoms with Crippen LogP contribution in [0.15, 0.2) is 91.0 Å². The fourth-order valence-corrected chi connectivity index (χ4v) is 5.23. The van der Waals surface area contributed by atoms with Crippen molar-refractivity contribution in [3.05, 3.63) is 108 Å². The van der Waals surface area contributed by atoms with Crippen LogP contribution in [0.4, 0.5) is 11.4 Å². The Balaban J connectivity index is 1.41. The molecule has 166 valence electrons. The zero-order valence-corrected chi connectivity index (χ0v) is 19.9. The number of hydrogen-bond donors (Lipinski definition) is 1. The van der Waals surface area contributed by atoms with Crippen LogP contribution in [0.5, 0.6) is 0 Å². The molecule has 0 aromatic heterocycles. The van der Waals surface area contributed by atoms with Crippen LogP contribution in [0, 0.1) is 6.92 Å². The maximum Gasteiger partial charge on any atom is 0.0913 e. The van der Waals surface area contributed by atoms with E-state index in [0.717, 1.165) is 30.9 Å². The van der Waals surface area contributed by atoms with E-state index in [2.05, 4.69) is 97.2 Å². The van der Waals surface area contributed by atoms with E-state index in [4.69, 9.17) is 0 Å². The Morgan fingerprint density at radius 1 is 0.818 bits per heavy atom. The molecule has 1 atom stereocenters. The van der Waals surface area contributed by atoms with Gasteiger partial charge in [-0.05, 0) is 70.5 Å². The van der Waals surface area contributed by atoms with Crippen molar-refractivity contribution in [2.24, 2.45) is 0 Å². The SMILES string of the molecule is Cc1ccc(Nc2cccc3c2CCN(S(C)=O)C3)cc1-c1ccc(-c2ccccc2)cc1. The number of nitrogens with zero attached hydrogens (tertiary/aromatic N) is 1. The number of anilines is 2. The minimum atomic E-state index is -0.932. The Kier molecular flexibility index (Phi) is 6.12. The molecule has 33 heavy (non-hydrogen) atoms. The highest BCUT2D eigenvalue weighted by molar-refractivity contribution is 7.81. The summed E-state index contributed by atoms with van der Waals surface area (Å²) >= 11 is 0. The molecule has 1 N–H and O–H groups in total. The highest BCUT2D eigenvalue weighted by Crippen LogP contribution is 2.33. The Labute approximate surface area is 198 Å². The van der Waals surface area contributed by atoms with Gasteiger partial charge in [0.2, 0.25) is 0 Å². The zero-order valence-electron chi connectivity index (χ0n) is 19.0. The van der Waals surface area contributed by atoms with Crippen LogP contribution in [0.1, 0.15) is 16.7 Å². The van der Waals surface area contributed by atoms with E-state index in [0.29, 0.717) is 0 Å². The van der Waals surface area contributed by atoms with Gasteiger partial charge in [-0.1, -0.05) is 72.8 Å². The number of hydrogen-bond acceptors (Lipinski definition) is 2. The van der Waals surface area contributed by atoms with Gasteiger partial charge in [-0.2, -0.15) is 0 Å². The Morgan fingerprint density at radius 3 is 2.30 bits per heavy atom. The third kappa shape index (κ3) is 4.63. The Hall–Kier alpha value is -3.21. The van der Waals surface area contributed by atoms with Gasteiger partial charge >= 0.3 is 0 Å². The van der Waals surface area contributed by atoms with Crippen molar-refractivity contribution in [2.75, 3.05) is 18.1 Å². The van der Waals surface area contributed by atoms with Crippen LogP contribution in [0.3, 0.4) is 0 Å². The number of fused-ring (bicyclic) bond motifs is 1. The molecule has 1 aliphatic heterocycles. The first-order chi connectivity index (χ1) is 16.1. The normalized spacial score (nSPS) is 14.5. The second-order valence-electron chi connectivity index (χ2n) is 8.58. The average Bonchev–Trinajstić information content (AvgIpc) is 2.86. The lowest BCUT2D eigenvalue weighted by atomic mass is 9.96. The topological polar surface area (TPSA) is 32.3 Å². The lowest BCUT2D eigenvalue weighted by molar-refractivity contribution is 0.424. The molecule has 1 unspecified atom stereocenters. The highest BCUT2D eigenvalue weighted by atomic mass is 32.2. The summed E-state index contributed by atoms with van der Waals surface area (Å²) in [6, 6.07) is 32.2. The van der Waals surface area contributed by atoms with Gasteiger partial charge in [0.25, 0.3) is 0 Å². The third-order valence-corrected chi connectivity index (χ3v) is 7.45. The maximum absolute atomic E-state index is 11.9. The van der Waals surface area contributed by atoms with Gasteiger partial charge in [0, 0.05) is 30.7 Å². The van der Waals surface area contributed by atoms with Crippen molar-refractivity contribution in [3.8, 4) is 22.3 Å². The van der Waals surface area contributed by atoms with Crippen LogP contribution in [0.25, 0.3) is 22.3 Å². The van der Waals surface area contributed by atoms with Gasteiger partial charge in [0.1, 0.15) is 0 Å². The summed E-state index contributed by atoms with van der Waals surface area (Å²) in [7, 11) is -0.932. The van der Waals surface area contributed by atoms with Crippen molar-refractivity contribution in [1.29, 1.82) is 0 Å². The molecule has 0 bridgehead atoms. The largest absolute Gasteiger partial charge is 0.355 e. The van der Waals surface area contributed by atoms with Crippen LogP contribution in [-0.4, -0.2) is 21.3 Å². The second-order valence-corrected chi connectivity index (χ2v) is 9.94. The third-order valence-electron chi connectivity index (χ3n) is 6.41. The lowest BCUT2D eigenvalue weighted by Gasteiger charge is -2.28. The summed E-state index contributed by atoms with van der Waals surface area (Å²) in [6.07, 6.45) is 2.66. The van der Waals surface area contributed by atoms with Crippen LogP contribution in [0.2, 0.25) is 0 Å². The van der Waals surface area contributed by atoms with Crippen molar-refractivity contribution >= 4 is 22.4 Å². The van der Waals surface area contributed by atoms with Gasteiger partial charge in [0.05, 0.1) is 11.0 Å². The predicted octanol–water partition coefficient (Wildman–Crippen LogP) is 6.72. The highest BCUT2D eigenvalue weighted by Gasteiger charge is 2.20. The molecule has 0 saturated heterocycles. The molecule has 4 aromatic rings. The Morgan fingerprint density at radius 2 is 1.55 bits per heavy atom. The van der Waals surface area contributed by atoms with Gasteiger partial charge in [-0.25, -0.2) is 8.51 Å². The molecule has 3 nitrogen and oxygen atoms in total. The predicted molar refractivity (Wildman–Crippen MR) is 140 cm³/mol. The van der Waals surface area contributed by atoms with Crippen molar-refractivity contribution in [1.82, 2.24) is 4.31 Å². The molecule has 0 saturated carbocycles. The molecule has 1 aliphatic rings. The molecule has 4 heteroatoms. The quantitative estimate of drug-likeness (QED) is 0.364. The van der Waals surface area contributed by atoms with Crippen molar-refractivity contribution < 1.29 is 4.21 Å². The summed E-state index contributed by atoms with van der Waals surface area (Å²) in [5.74, 6) is 0. The minimum Gasteiger partial charge on any atom is -0.355 e. The van der Waals surface area contributed by atoms with Crippen molar-refractivity contribution in [3.63, 3.8) is 0 Å². The van der Waals surface area contributed by atoms with Gasteiger partial charge in [0.15, 0.2) is 0 Å². The number of aryl methyl sites for hydroxylation is 1. The van der Waals surface area contributed by atoms with E-state index in [9.17, 15) is 4.21 Å². The summed E-state index contributed by atoms with van der Waals surface area (Å²) in [6.45, 7) is 3.72. The summed E-state index contributed by atoms with van der Waals surface area (Å²) in [4.78, 5) is 0. The molecular formula is C29H28N2OS. The molecular weight excluding hydrogens is 424 g/mol. The fraction of sp³-hybridized carbons (Fsp3) is 0.172. The monoisotopic (exact) mass is 452 g/mol. The molecule has 0 spiro atoms. The van der Waals surface area contributed by atoms with E-state index in [-0.39, 0.29) is 0 Å². The van der Waals surface area contributed by atoms with Crippen LogP contribution < -0.4 is 5.32 Å². The van der Waals surface area contributed by atoms with Gasteiger partial charge < -0.3 is 5.32 Å². The lowest BCUT2D eigenvalue weighted by Crippen LogP contribution is -2.31. The first-order valence-electron chi connectivity index (χ1n) is 11.3. The molecule has 1 heterocycles. The number of nitrogens with one attached hydrogen (secondary N) is 1. The molecule has 4 aromatic carbocycles. The molecule has 0 amide bonds. The summed E-state index contributed by atoms with van der Waals surface area (Å²) in [5.41, 5.74) is 11.0. The average molecular weight is 453 g/mol. The second kappa shape index (κ2) is 9.34. The van der Waals surface area contributed by atoms with Crippen LogP contribution >= 0.6 is 0 Å². The fourth-order valence-electron chi connectivity index (χ4n) is 4.56. The Bertz CT molecular complexity index is 1300.